The van der Waals surface area contributed by atoms with E-state index in [0.29, 0.717) is 30.8 Å². The summed E-state index contributed by atoms with van der Waals surface area (Å²) in [5, 5.41) is 14.8. The van der Waals surface area contributed by atoms with Crippen LogP contribution in [0.25, 0.3) is 0 Å². The fourth-order valence-electron chi connectivity index (χ4n) is 3.87. The van der Waals surface area contributed by atoms with Gasteiger partial charge in [-0.05, 0) is 83.6 Å². The van der Waals surface area contributed by atoms with E-state index < -0.39 is 17.6 Å². The molecule has 2 aromatic heterocycles. The number of nitrogens with zero attached hydrogens (tertiary/aromatic N) is 2. The first-order chi connectivity index (χ1) is 19.9. The first-order valence-corrected chi connectivity index (χ1v) is 14.5. The number of nitrogens with one attached hydrogen (secondary N) is 4. The molecule has 0 aliphatic carbocycles. The second-order valence-corrected chi connectivity index (χ2v) is 11.6. The summed E-state index contributed by atoms with van der Waals surface area (Å²) in [7, 11) is 5.56. The number of ether oxygens (including phenoxy) is 2. The van der Waals surface area contributed by atoms with Gasteiger partial charge < -0.3 is 30.3 Å². The number of carbonyl (C=O) groups excluding carboxylic acids is 3. The van der Waals surface area contributed by atoms with E-state index >= 15 is 0 Å². The van der Waals surface area contributed by atoms with Gasteiger partial charge >= 0.3 is 12.1 Å². The summed E-state index contributed by atoms with van der Waals surface area (Å²) in [6.45, 7) is 6.54. The van der Waals surface area contributed by atoms with Crippen molar-refractivity contribution in [2.24, 2.45) is 0 Å². The molecule has 0 radical (unpaired) electrons. The number of benzene rings is 1. The third-order valence-electron chi connectivity index (χ3n) is 6.00. The van der Waals surface area contributed by atoms with Gasteiger partial charge in [0.2, 0.25) is 0 Å². The summed E-state index contributed by atoms with van der Waals surface area (Å²) in [4.78, 5) is 44.2. The Kier molecular flexibility index (Phi) is 11.7. The van der Waals surface area contributed by atoms with Gasteiger partial charge in [0, 0.05) is 23.5 Å². The minimum absolute atomic E-state index is 0.198. The summed E-state index contributed by atoms with van der Waals surface area (Å²) in [6.07, 6.45) is 2.32. The van der Waals surface area contributed by atoms with E-state index in [1.165, 1.54) is 11.3 Å². The maximum absolute atomic E-state index is 12.9. The molecule has 1 unspecified atom stereocenters. The van der Waals surface area contributed by atoms with E-state index in [1.807, 2.05) is 43.3 Å². The van der Waals surface area contributed by atoms with Crippen molar-refractivity contribution >= 4 is 40.7 Å². The van der Waals surface area contributed by atoms with Crippen molar-refractivity contribution in [1.82, 2.24) is 20.5 Å². The number of thiophene rings is 1. The second kappa shape index (κ2) is 15.2. The van der Waals surface area contributed by atoms with Gasteiger partial charge in [0.15, 0.2) is 0 Å². The molecular weight excluding hydrogens is 556 g/mol. The van der Waals surface area contributed by atoms with E-state index in [-0.39, 0.29) is 17.8 Å². The summed E-state index contributed by atoms with van der Waals surface area (Å²) in [5.41, 5.74) is 2.30. The monoisotopic (exact) mass is 596 g/mol. The molecule has 4 amide bonds. The molecule has 1 aromatic carbocycles. The highest BCUT2D eigenvalue weighted by molar-refractivity contribution is 7.09. The lowest BCUT2D eigenvalue weighted by Crippen LogP contribution is -2.39. The highest BCUT2D eigenvalue weighted by Crippen LogP contribution is 2.28. The van der Waals surface area contributed by atoms with Gasteiger partial charge in [-0.15, -0.1) is 11.3 Å². The molecule has 0 saturated heterocycles. The minimum atomic E-state index is -0.646. The molecular formula is C30H40N6O5S. The topological polar surface area (TPSA) is 134 Å². The molecule has 0 bridgehead atoms. The van der Waals surface area contributed by atoms with Gasteiger partial charge in [-0.25, -0.2) is 9.59 Å². The Labute approximate surface area is 251 Å². The summed E-state index contributed by atoms with van der Waals surface area (Å²) < 4.78 is 10.5. The predicted octanol–water partition coefficient (Wildman–Crippen LogP) is 5.29. The van der Waals surface area contributed by atoms with E-state index in [0.717, 1.165) is 23.4 Å². The van der Waals surface area contributed by atoms with Crippen molar-refractivity contribution in [3.8, 4) is 5.75 Å². The quantitative estimate of drug-likeness (QED) is 0.223. The molecule has 42 heavy (non-hydrogen) atoms. The van der Waals surface area contributed by atoms with Crippen molar-refractivity contribution < 1.29 is 23.9 Å². The number of anilines is 2. The molecule has 4 N–H and O–H groups in total. The number of amides is 4. The van der Waals surface area contributed by atoms with Crippen LogP contribution in [-0.4, -0.2) is 67.8 Å². The fourth-order valence-corrected chi connectivity index (χ4v) is 4.58. The molecule has 11 nitrogen and oxygen atoms in total. The zero-order valence-corrected chi connectivity index (χ0v) is 25.8. The molecule has 0 spiro atoms. The van der Waals surface area contributed by atoms with Crippen LogP contribution in [0.3, 0.4) is 0 Å². The third-order valence-corrected chi connectivity index (χ3v) is 6.74. The molecule has 0 aliphatic heterocycles. The SMILES string of the molecule is COc1ccc(CCNC(=O)NC(CCN(C)C)c2ccc(C(=O)Nc3cscc3NC(=O)OC(C)(C)C)nc2)cc1. The largest absolute Gasteiger partial charge is 0.497 e. The van der Waals surface area contributed by atoms with Gasteiger partial charge in [-0.3, -0.25) is 15.1 Å². The lowest BCUT2D eigenvalue weighted by molar-refractivity contribution is 0.0635. The van der Waals surface area contributed by atoms with Gasteiger partial charge in [-0.1, -0.05) is 18.2 Å². The Hall–Kier alpha value is -4.16. The van der Waals surface area contributed by atoms with Crippen LogP contribution >= 0.6 is 11.3 Å². The van der Waals surface area contributed by atoms with Gasteiger partial charge in [0.05, 0.1) is 24.5 Å². The predicted molar refractivity (Wildman–Crippen MR) is 166 cm³/mol. The summed E-state index contributed by atoms with van der Waals surface area (Å²) in [5.74, 6) is 0.359. The zero-order valence-electron chi connectivity index (χ0n) is 24.9. The fraction of sp³-hybridized carbons (Fsp3) is 0.400. The molecule has 3 rings (SSSR count). The molecule has 2 heterocycles. The maximum atomic E-state index is 12.9. The smallest absolute Gasteiger partial charge is 0.412 e. The molecule has 1 atom stereocenters. The number of aromatic nitrogens is 1. The Morgan fingerprint density at radius 2 is 1.69 bits per heavy atom. The van der Waals surface area contributed by atoms with Crippen LogP contribution in [0.4, 0.5) is 21.0 Å². The van der Waals surface area contributed by atoms with Crippen molar-refractivity contribution in [2.75, 3.05) is 44.9 Å². The lowest BCUT2D eigenvalue weighted by atomic mass is 10.1. The summed E-state index contributed by atoms with van der Waals surface area (Å²) in [6, 6.07) is 10.5. The number of pyridine rings is 1. The number of urea groups is 1. The third kappa shape index (κ3) is 10.7. The Morgan fingerprint density at radius 1 is 1.00 bits per heavy atom. The van der Waals surface area contributed by atoms with Gasteiger partial charge in [0.1, 0.15) is 17.0 Å². The standard InChI is InChI=1S/C30H40N6O5S/c1-30(2,3)41-29(39)35-26-19-42-18-25(26)33-27(37)24-12-9-21(17-32-24)23(14-16-36(4)5)34-28(38)31-15-13-20-7-10-22(40-6)11-8-20/h7-12,17-19,23H,13-16H2,1-6H3,(H,33,37)(H,35,39)(H2,31,34,38). The van der Waals surface area contributed by atoms with Crippen LogP contribution in [0, 0.1) is 0 Å². The highest BCUT2D eigenvalue weighted by Gasteiger charge is 2.20. The van der Waals surface area contributed by atoms with Crippen LogP contribution in [0.1, 0.15) is 54.8 Å². The lowest BCUT2D eigenvalue weighted by Gasteiger charge is -2.21. The number of hydrogen-bond donors (Lipinski definition) is 4. The van der Waals surface area contributed by atoms with E-state index in [4.69, 9.17) is 9.47 Å². The van der Waals surface area contributed by atoms with Gasteiger partial charge in [0.25, 0.3) is 5.91 Å². The van der Waals surface area contributed by atoms with Crippen LogP contribution in [0.5, 0.6) is 5.75 Å². The number of methoxy groups -OCH3 is 1. The average molecular weight is 597 g/mol. The van der Waals surface area contributed by atoms with E-state index in [1.54, 1.807) is 57.0 Å². The van der Waals surface area contributed by atoms with E-state index in [9.17, 15) is 14.4 Å². The first-order valence-electron chi connectivity index (χ1n) is 13.6. The normalized spacial score (nSPS) is 11.9. The Bertz CT molecular complexity index is 1320. The van der Waals surface area contributed by atoms with Crippen LogP contribution < -0.4 is 26.0 Å². The second-order valence-electron chi connectivity index (χ2n) is 10.9. The molecule has 226 valence electrons. The van der Waals surface area contributed by atoms with Crippen LogP contribution in [0.2, 0.25) is 0 Å². The molecule has 12 heteroatoms. The van der Waals surface area contributed by atoms with E-state index in [2.05, 4.69) is 26.3 Å². The van der Waals surface area contributed by atoms with Crippen molar-refractivity contribution in [2.45, 2.75) is 45.3 Å². The molecule has 0 fully saturated rings. The Morgan fingerprint density at radius 3 is 2.29 bits per heavy atom. The number of hydrogen-bond acceptors (Lipinski definition) is 8. The van der Waals surface area contributed by atoms with Crippen molar-refractivity contribution in [1.29, 1.82) is 0 Å². The minimum Gasteiger partial charge on any atom is -0.497 e. The first kappa shape index (κ1) is 32.4. The molecule has 0 saturated carbocycles. The highest BCUT2D eigenvalue weighted by atomic mass is 32.1. The number of rotatable bonds is 12. The number of carbonyl (C=O) groups is 3. The maximum Gasteiger partial charge on any atom is 0.412 e. The van der Waals surface area contributed by atoms with Gasteiger partial charge in [-0.2, -0.15) is 0 Å². The molecule has 3 aromatic rings. The summed E-state index contributed by atoms with van der Waals surface area (Å²) >= 11 is 1.33. The molecule has 0 aliphatic rings. The van der Waals surface area contributed by atoms with Crippen LogP contribution in [-0.2, 0) is 11.2 Å². The van der Waals surface area contributed by atoms with Crippen molar-refractivity contribution in [3.05, 3.63) is 70.2 Å². The average Bonchev–Trinajstić information content (AvgIpc) is 3.36. The Balaban J connectivity index is 1.59. The zero-order chi connectivity index (χ0) is 30.7. The van der Waals surface area contributed by atoms with Crippen LogP contribution in [0.15, 0.2) is 53.4 Å². The van der Waals surface area contributed by atoms with Crippen molar-refractivity contribution in [3.63, 3.8) is 0 Å².